The van der Waals surface area contributed by atoms with Gasteiger partial charge in [-0.05, 0) is 24.1 Å². The van der Waals surface area contributed by atoms with E-state index in [4.69, 9.17) is 0 Å². The first-order valence-corrected chi connectivity index (χ1v) is 7.68. The molecule has 1 aliphatic rings. The Kier molecular flexibility index (Phi) is 4.59. The number of pyridine rings is 1. The molecule has 1 N–H and O–H groups in total. The van der Waals surface area contributed by atoms with Crippen LogP contribution in [0, 0.1) is 0 Å². The minimum Gasteiger partial charge on any atom is -0.261 e. The van der Waals surface area contributed by atoms with E-state index < -0.39 is 0 Å². The summed E-state index contributed by atoms with van der Waals surface area (Å²) >= 11 is 0. The number of hydrogen-bond acceptors (Lipinski definition) is 2. The van der Waals surface area contributed by atoms with Gasteiger partial charge in [-0.1, -0.05) is 36.4 Å². The maximum atomic E-state index is 12.4. The Morgan fingerprint density at radius 1 is 1.18 bits per heavy atom. The minimum atomic E-state index is -0.0717. The maximum Gasteiger partial charge on any atom is 0.491 e. The van der Waals surface area contributed by atoms with E-state index in [1.807, 2.05) is 54.7 Å². The highest BCUT2D eigenvalue weighted by molar-refractivity contribution is 5.72. The van der Waals surface area contributed by atoms with E-state index in [0.29, 0.717) is 6.42 Å². The topological polar surface area (TPSA) is 45.0 Å². The molecule has 0 radical (unpaired) electrons. The molecule has 2 amide bonds. The predicted octanol–water partition coefficient (Wildman–Crippen LogP) is 2.95. The lowest BCUT2D eigenvalue weighted by molar-refractivity contribution is -0.415. The molecule has 4 nitrogen and oxygen atoms in total. The van der Waals surface area contributed by atoms with E-state index in [1.165, 1.54) is 0 Å². The molecule has 1 aromatic heterocycles. The highest BCUT2D eigenvalue weighted by atomic mass is 16.2. The predicted molar refractivity (Wildman–Crippen MR) is 86.1 cm³/mol. The lowest BCUT2D eigenvalue weighted by atomic mass is 10.0. The summed E-state index contributed by atoms with van der Waals surface area (Å²) in [7, 11) is 0. The van der Waals surface area contributed by atoms with Gasteiger partial charge in [0.1, 0.15) is 6.04 Å². The second-order valence-corrected chi connectivity index (χ2v) is 5.46. The quantitative estimate of drug-likeness (QED) is 0.881. The zero-order valence-electron chi connectivity index (χ0n) is 12.5. The van der Waals surface area contributed by atoms with Crippen LogP contribution in [-0.4, -0.2) is 28.3 Å². The van der Waals surface area contributed by atoms with E-state index in [2.05, 4.69) is 10.3 Å². The first-order valence-electron chi connectivity index (χ1n) is 7.68. The van der Waals surface area contributed by atoms with Gasteiger partial charge >= 0.3 is 6.03 Å². The molecule has 0 fully saturated rings. The summed E-state index contributed by atoms with van der Waals surface area (Å²) in [5.74, 6) is 0. The normalized spacial score (nSPS) is 15.2. The number of aromatic nitrogens is 1. The van der Waals surface area contributed by atoms with Crippen LogP contribution >= 0.6 is 0 Å². The van der Waals surface area contributed by atoms with Crippen molar-refractivity contribution in [2.75, 3.05) is 6.54 Å². The van der Waals surface area contributed by atoms with Gasteiger partial charge in [0, 0.05) is 24.7 Å². The van der Waals surface area contributed by atoms with Crippen molar-refractivity contribution >= 4 is 12.2 Å². The standard InChI is InChI=1S/C18H19N3O/c22-18(21-12-6-7-13-21)20-17(15-8-2-1-3-9-15)14-16-10-4-5-11-19-16/h1-5,8-12,17H,6-7,13-14H2/p+1/t17-/m0/s1. The summed E-state index contributed by atoms with van der Waals surface area (Å²) in [6, 6.07) is 15.8. The van der Waals surface area contributed by atoms with E-state index in [9.17, 15) is 4.79 Å². The molecule has 1 atom stereocenters. The summed E-state index contributed by atoms with van der Waals surface area (Å²) < 4.78 is 1.77. The Balaban J connectivity index is 1.78. The van der Waals surface area contributed by atoms with Gasteiger partial charge in [-0.2, -0.15) is 4.79 Å². The Morgan fingerprint density at radius 3 is 2.68 bits per heavy atom. The van der Waals surface area contributed by atoms with Gasteiger partial charge in [0.2, 0.25) is 0 Å². The molecule has 4 heteroatoms. The zero-order valence-corrected chi connectivity index (χ0v) is 12.5. The first-order chi connectivity index (χ1) is 10.8. The summed E-state index contributed by atoms with van der Waals surface area (Å²) in [5, 5.41) is 3.14. The van der Waals surface area contributed by atoms with Crippen molar-refractivity contribution in [1.29, 1.82) is 0 Å². The van der Waals surface area contributed by atoms with Gasteiger partial charge in [0.25, 0.3) is 0 Å². The van der Waals surface area contributed by atoms with Crippen molar-refractivity contribution < 1.29 is 9.37 Å². The van der Waals surface area contributed by atoms with Gasteiger partial charge in [0.05, 0.1) is 12.8 Å². The van der Waals surface area contributed by atoms with Crippen LogP contribution in [0.15, 0.2) is 54.7 Å². The van der Waals surface area contributed by atoms with Crippen LogP contribution in [0.1, 0.15) is 30.1 Å². The molecular formula is C18H20N3O+. The molecule has 0 saturated heterocycles. The van der Waals surface area contributed by atoms with E-state index in [0.717, 1.165) is 30.6 Å². The Hall–Kier alpha value is -2.49. The van der Waals surface area contributed by atoms with Crippen molar-refractivity contribution in [2.45, 2.75) is 25.3 Å². The van der Waals surface area contributed by atoms with Gasteiger partial charge in [-0.15, -0.1) is 0 Å². The van der Waals surface area contributed by atoms with Crippen LogP contribution in [0.3, 0.4) is 0 Å². The summed E-state index contributed by atoms with van der Waals surface area (Å²) in [6.45, 7) is 0.803. The van der Waals surface area contributed by atoms with Gasteiger partial charge in [-0.3, -0.25) is 4.98 Å². The van der Waals surface area contributed by atoms with Crippen molar-refractivity contribution in [2.24, 2.45) is 0 Å². The van der Waals surface area contributed by atoms with Gasteiger partial charge in [0.15, 0.2) is 0 Å². The molecule has 0 saturated carbocycles. The largest absolute Gasteiger partial charge is 0.491 e. The van der Waals surface area contributed by atoms with Crippen molar-refractivity contribution in [3.05, 3.63) is 66.0 Å². The Labute approximate surface area is 130 Å². The van der Waals surface area contributed by atoms with Gasteiger partial charge in [-0.25, -0.2) is 9.89 Å². The average molecular weight is 294 g/mol. The fourth-order valence-electron chi connectivity index (χ4n) is 2.68. The van der Waals surface area contributed by atoms with Gasteiger partial charge < -0.3 is 0 Å². The monoisotopic (exact) mass is 294 g/mol. The highest BCUT2D eigenvalue weighted by Gasteiger charge is 2.25. The summed E-state index contributed by atoms with van der Waals surface area (Å²) in [6.07, 6.45) is 6.46. The molecule has 1 aromatic carbocycles. The van der Waals surface area contributed by atoms with Crippen LogP contribution in [0.5, 0.6) is 0 Å². The summed E-state index contributed by atoms with van der Waals surface area (Å²) in [5.41, 5.74) is 2.07. The van der Waals surface area contributed by atoms with E-state index in [-0.39, 0.29) is 12.1 Å². The highest BCUT2D eigenvalue weighted by Crippen LogP contribution is 2.17. The number of amides is 2. The summed E-state index contributed by atoms with van der Waals surface area (Å²) in [4.78, 5) is 16.8. The van der Waals surface area contributed by atoms with Crippen molar-refractivity contribution in [1.82, 2.24) is 10.3 Å². The SMILES string of the molecule is O=C(N[C@@H](Cc1ccccn1)c1ccccc1)[N+]1=CCCC1. The first kappa shape index (κ1) is 14.4. The molecule has 0 spiro atoms. The molecule has 2 aromatic rings. The molecule has 22 heavy (non-hydrogen) atoms. The number of urea groups is 1. The number of carbonyl (C=O) groups excluding carboxylic acids is 1. The van der Waals surface area contributed by atoms with Crippen LogP contribution in [0.2, 0.25) is 0 Å². The van der Waals surface area contributed by atoms with Crippen LogP contribution < -0.4 is 5.32 Å². The number of nitrogens with one attached hydrogen (secondary N) is 1. The smallest absolute Gasteiger partial charge is 0.261 e. The van der Waals surface area contributed by atoms with Crippen molar-refractivity contribution in [3.8, 4) is 0 Å². The maximum absolute atomic E-state index is 12.4. The van der Waals surface area contributed by atoms with Crippen LogP contribution in [0.4, 0.5) is 4.79 Å². The lowest BCUT2D eigenvalue weighted by Crippen LogP contribution is -2.36. The molecule has 112 valence electrons. The number of rotatable bonds is 4. The van der Waals surface area contributed by atoms with Crippen molar-refractivity contribution in [3.63, 3.8) is 0 Å². The second kappa shape index (κ2) is 6.98. The average Bonchev–Trinajstić information content (AvgIpc) is 3.11. The van der Waals surface area contributed by atoms with E-state index >= 15 is 0 Å². The molecular weight excluding hydrogens is 274 g/mol. The molecule has 2 heterocycles. The number of hydrogen-bond donors (Lipinski definition) is 1. The third-order valence-corrected chi connectivity index (χ3v) is 3.85. The minimum absolute atomic E-state index is 0.0257. The molecule has 3 rings (SSSR count). The fourth-order valence-corrected chi connectivity index (χ4v) is 2.68. The third kappa shape index (κ3) is 3.58. The molecule has 0 aliphatic carbocycles. The lowest BCUT2D eigenvalue weighted by Gasteiger charge is -2.14. The zero-order chi connectivity index (χ0) is 15.2. The van der Waals surface area contributed by atoms with Crippen LogP contribution in [-0.2, 0) is 6.42 Å². The number of carbonyl (C=O) groups is 1. The molecule has 1 aliphatic heterocycles. The van der Waals surface area contributed by atoms with Crippen LogP contribution in [0.25, 0.3) is 0 Å². The Bertz CT molecular complexity index is 653. The molecule has 0 unspecified atom stereocenters. The third-order valence-electron chi connectivity index (χ3n) is 3.85. The number of nitrogens with zero attached hydrogens (tertiary/aromatic N) is 2. The fraction of sp³-hybridized carbons (Fsp3) is 0.278. The second-order valence-electron chi connectivity index (χ2n) is 5.46. The molecule has 0 bridgehead atoms. The Morgan fingerprint density at radius 2 is 2.00 bits per heavy atom. The number of benzene rings is 1. The van der Waals surface area contributed by atoms with E-state index in [1.54, 1.807) is 10.8 Å².